The first-order valence-electron chi connectivity index (χ1n) is 15.5. The first-order chi connectivity index (χ1) is 22.9. The normalized spacial score (nSPS) is 24.9. The third-order valence-electron chi connectivity index (χ3n) is 8.55. The summed E-state index contributed by atoms with van der Waals surface area (Å²) in [6.45, 7) is -0.851. The zero-order valence-corrected chi connectivity index (χ0v) is 26.4. The number of aromatic nitrogens is 1. The fraction of sp³-hybridized carbons (Fsp3) is 0.485. The maximum atomic E-state index is 14.8. The lowest BCUT2D eigenvalue weighted by Crippen LogP contribution is -2.59. The molecule has 2 aliphatic heterocycles. The van der Waals surface area contributed by atoms with Gasteiger partial charge in [0.1, 0.15) is 36.8 Å². The molecule has 2 aliphatic rings. The lowest BCUT2D eigenvalue weighted by Gasteiger charge is -2.37. The Morgan fingerprint density at radius 2 is 1.92 bits per heavy atom. The van der Waals surface area contributed by atoms with Crippen LogP contribution in [0.4, 0.5) is 28.9 Å². The van der Waals surface area contributed by atoms with Crippen molar-refractivity contribution in [3.63, 3.8) is 0 Å². The number of aliphatic hydroxyl groups is 3. The summed E-state index contributed by atoms with van der Waals surface area (Å²) in [4.78, 5) is 14.8. The lowest BCUT2D eigenvalue weighted by atomic mass is 9.98. The quantitative estimate of drug-likeness (QED) is 0.149. The molecule has 0 unspecified atom stereocenters. The maximum Gasteiger partial charge on any atom is 0.406 e. The summed E-state index contributed by atoms with van der Waals surface area (Å²) in [5, 5.41) is 39.0. The van der Waals surface area contributed by atoms with Gasteiger partial charge in [-0.2, -0.15) is 13.2 Å². The van der Waals surface area contributed by atoms with Crippen molar-refractivity contribution in [2.24, 2.45) is 0 Å². The number of carbonyl (C=O) groups excluding carboxylic acids is 1. The molecule has 6 N–H and O–H groups in total. The number of anilines is 2. The Morgan fingerprint density at radius 3 is 2.62 bits per heavy atom. The maximum absolute atomic E-state index is 14.8. The van der Waals surface area contributed by atoms with Crippen LogP contribution in [0.15, 0.2) is 42.5 Å². The van der Waals surface area contributed by atoms with Crippen molar-refractivity contribution >= 4 is 28.2 Å². The van der Waals surface area contributed by atoms with E-state index in [1.165, 1.54) is 19.2 Å². The first kappa shape index (κ1) is 35.2. The number of rotatable bonds is 9. The van der Waals surface area contributed by atoms with Crippen LogP contribution in [-0.4, -0.2) is 120 Å². The average molecular weight is 678 g/mol. The second-order valence-electron chi connectivity index (χ2n) is 12.0. The van der Waals surface area contributed by atoms with Gasteiger partial charge in [-0.15, -0.1) is 0 Å². The number of ether oxygens (including phenoxy) is 2. The Kier molecular flexibility index (Phi) is 11.0. The second kappa shape index (κ2) is 15.0. The number of halogens is 4. The highest BCUT2D eigenvalue weighted by molar-refractivity contribution is 5.96. The number of alkyl halides is 4. The predicted octanol–water partition coefficient (Wildman–Crippen LogP) is 2.34. The van der Waals surface area contributed by atoms with Crippen molar-refractivity contribution in [1.82, 2.24) is 14.8 Å². The fourth-order valence-corrected chi connectivity index (χ4v) is 5.96. The third kappa shape index (κ3) is 8.13. The van der Waals surface area contributed by atoms with Crippen LogP contribution in [0.3, 0.4) is 0 Å². The molecule has 3 heterocycles. The standard InChI is InChI=1S/C33H39F4N5O6/c1-41-12-10-24(22(34)15-41)39-23-6-3-7-27-21(23)14-20(42(27)18-33(35,36)37)5-4-11-38-25-9-8-19(13-28(25)47-2)32(46)40-26-17-48-29(16-43)31(45)30(26)44/h3,6-9,13-14,22,24,26,29-31,38-39,43-45H,10-12,15-18H2,1-2H3,(H,40,46)/t22-,24+,26-,29+,30+,31+/m0/s1. The van der Waals surface area contributed by atoms with Gasteiger partial charge < -0.3 is 50.2 Å². The van der Waals surface area contributed by atoms with Crippen LogP contribution in [0.2, 0.25) is 0 Å². The van der Waals surface area contributed by atoms with Gasteiger partial charge in [-0.1, -0.05) is 12.0 Å². The number of nitrogens with one attached hydrogen (secondary N) is 3. The minimum absolute atomic E-state index is 0.0230. The van der Waals surface area contributed by atoms with Crippen LogP contribution >= 0.6 is 0 Å². The molecule has 15 heteroatoms. The van der Waals surface area contributed by atoms with Gasteiger partial charge >= 0.3 is 6.18 Å². The number of hydrogen-bond acceptors (Lipinski definition) is 9. The zero-order valence-electron chi connectivity index (χ0n) is 26.4. The molecule has 5 rings (SSSR count). The van der Waals surface area contributed by atoms with E-state index in [0.29, 0.717) is 35.2 Å². The number of piperidine rings is 1. The van der Waals surface area contributed by atoms with Crippen LogP contribution in [0.1, 0.15) is 22.5 Å². The first-order valence-corrected chi connectivity index (χ1v) is 15.5. The summed E-state index contributed by atoms with van der Waals surface area (Å²) in [6, 6.07) is 9.65. The molecule has 0 saturated carbocycles. The molecular weight excluding hydrogens is 638 g/mol. The Bertz CT molecular complexity index is 1660. The van der Waals surface area contributed by atoms with Gasteiger partial charge in [-0.25, -0.2) is 4.39 Å². The van der Waals surface area contributed by atoms with E-state index in [9.17, 15) is 37.7 Å². The van der Waals surface area contributed by atoms with Crippen LogP contribution < -0.4 is 20.7 Å². The Morgan fingerprint density at radius 1 is 1.12 bits per heavy atom. The molecule has 0 aliphatic carbocycles. The number of hydrogen-bond donors (Lipinski definition) is 6. The number of amides is 1. The third-order valence-corrected chi connectivity index (χ3v) is 8.55. The molecule has 3 aromatic rings. The summed E-state index contributed by atoms with van der Waals surface area (Å²) >= 11 is 0. The molecule has 0 radical (unpaired) electrons. The Balaban J connectivity index is 1.30. The van der Waals surface area contributed by atoms with Crippen molar-refractivity contribution in [3.05, 3.63) is 53.7 Å². The van der Waals surface area contributed by atoms with Crippen LogP contribution in [0, 0.1) is 11.8 Å². The summed E-state index contributed by atoms with van der Waals surface area (Å²) < 4.78 is 67.5. The zero-order chi connectivity index (χ0) is 34.6. The highest BCUT2D eigenvalue weighted by Crippen LogP contribution is 2.32. The van der Waals surface area contributed by atoms with E-state index in [1.807, 2.05) is 11.9 Å². The molecule has 260 valence electrons. The van der Waals surface area contributed by atoms with Gasteiger partial charge in [0.05, 0.1) is 55.9 Å². The summed E-state index contributed by atoms with van der Waals surface area (Å²) in [5.41, 5.74) is 1.66. The van der Waals surface area contributed by atoms with Crippen molar-refractivity contribution in [2.75, 3.05) is 57.6 Å². The van der Waals surface area contributed by atoms with E-state index in [2.05, 4.69) is 27.8 Å². The molecule has 11 nitrogen and oxygen atoms in total. The topological polar surface area (TPSA) is 140 Å². The van der Waals surface area contributed by atoms with Gasteiger partial charge in [0.2, 0.25) is 0 Å². The molecule has 1 amide bonds. The van der Waals surface area contributed by atoms with Crippen LogP contribution in [0.25, 0.3) is 10.9 Å². The van der Waals surface area contributed by atoms with Gasteiger partial charge in [-0.05, 0) is 55.8 Å². The van der Waals surface area contributed by atoms with E-state index < -0.39 is 61.8 Å². The molecule has 2 fully saturated rings. The van der Waals surface area contributed by atoms with Crippen molar-refractivity contribution in [1.29, 1.82) is 0 Å². The number of likely N-dealkylation sites (tertiary alicyclic amines) is 1. The monoisotopic (exact) mass is 677 g/mol. The fourth-order valence-electron chi connectivity index (χ4n) is 5.96. The minimum atomic E-state index is -4.51. The number of nitrogens with zero attached hydrogens (tertiary/aromatic N) is 2. The Hall–Kier alpha value is -4.07. The largest absolute Gasteiger partial charge is 0.495 e. The van der Waals surface area contributed by atoms with Crippen LogP contribution in [-0.2, 0) is 11.3 Å². The second-order valence-corrected chi connectivity index (χ2v) is 12.0. The molecular formula is C33H39F4N5O6. The van der Waals surface area contributed by atoms with Gasteiger partial charge in [0, 0.05) is 29.7 Å². The van der Waals surface area contributed by atoms with E-state index in [1.54, 1.807) is 30.3 Å². The van der Waals surface area contributed by atoms with Crippen LogP contribution in [0.5, 0.6) is 5.75 Å². The average Bonchev–Trinajstić information content (AvgIpc) is 3.39. The smallest absolute Gasteiger partial charge is 0.406 e. The van der Waals surface area contributed by atoms with E-state index in [4.69, 9.17) is 9.47 Å². The number of methoxy groups -OCH3 is 1. The van der Waals surface area contributed by atoms with Gasteiger partial charge in [0.25, 0.3) is 5.91 Å². The predicted molar refractivity (Wildman–Crippen MR) is 171 cm³/mol. The van der Waals surface area contributed by atoms with Gasteiger partial charge in [-0.3, -0.25) is 4.79 Å². The summed E-state index contributed by atoms with van der Waals surface area (Å²) in [7, 11) is 3.24. The number of carbonyl (C=O) groups is 1. The van der Waals surface area contributed by atoms with Crippen molar-refractivity contribution < 1.29 is 47.1 Å². The van der Waals surface area contributed by atoms with E-state index in [0.717, 1.165) is 4.57 Å². The molecule has 6 atom stereocenters. The molecule has 1 aromatic heterocycles. The minimum Gasteiger partial charge on any atom is -0.495 e. The molecule has 0 bridgehead atoms. The molecule has 2 saturated heterocycles. The SMILES string of the molecule is COc1cc(C(=O)N[C@H]2CO[C@H](CO)[C@@H](O)[C@@H]2O)ccc1NCC#Cc1cc2c(N[C@@H]3CCN(C)C[C@@H]3F)cccc2n1CC(F)(F)F. The van der Waals surface area contributed by atoms with Crippen molar-refractivity contribution in [3.8, 4) is 17.6 Å². The van der Waals surface area contributed by atoms with Gasteiger partial charge in [0.15, 0.2) is 0 Å². The molecule has 48 heavy (non-hydrogen) atoms. The summed E-state index contributed by atoms with van der Waals surface area (Å²) in [5.74, 6) is 5.41. The molecule has 0 spiro atoms. The highest BCUT2D eigenvalue weighted by atomic mass is 19.4. The number of fused-ring (bicyclic) bond motifs is 1. The summed E-state index contributed by atoms with van der Waals surface area (Å²) in [6.07, 6.45) is -8.76. The number of aliphatic hydroxyl groups excluding tert-OH is 3. The number of benzene rings is 2. The molecule has 2 aromatic carbocycles. The van der Waals surface area contributed by atoms with E-state index in [-0.39, 0.29) is 36.7 Å². The highest BCUT2D eigenvalue weighted by Gasteiger charge is 2.39. The Labute approximate surface area is 274 Å². The van der Waals surface area contributed by atoms with E-state index >= 15 is 0 Å². The van der Waals surface area contributed by atoms with Crippen molar-refractivity contribution in [2.45, 2.75) is 55.7 Å². The lowest BCUT2D eigenvalue weighted by molar-refractivity contribution is -0.159.